The van der Waals surface area contributed by atoms with E-state index in [1.807, 2.05) is 63.2 Å². The number of aryl methyl sites for hydroxylation is 3. The van der Waals surface area contributed by atoms with E-state index >= 15 is 0 Å². The number of thiazole rings is 1. The predicted octanol–water partition coefficient (Wildman–Crippen LogP) is 4.27. The van der Waals surface area contributed by atoms with Crippen molar-refractivity contribution >= 4 is 40.1 Å². The van der Waals surface area contributed by atoms with Crippen molar-refractivity contribution in [2.24, 2.45) is 0 Å². The molecule has 0 bridgehead atoms. The summed E-state index contributed by atoms with van der Waals surface area (Å²) < 4.78 is 2.33. The van der Waals surface area contributed by atoms with E-state index in [-0.39, 0.29) is 11.1 Å². The van der Waals surface area contributed by atoms with E-state index in [1.165, 1.54) is 15.9 Å². The van der Waals surface area contributed by atoms with Gasteiger partial charge in [0.2, 0.25) is 5.78 Å². The van der Waals surface area contributed by atoms with Crippen molar-refractivity contribution in [3.63, 3.8) is 0 Å². The number of hydrogen-bond donors (Lipinski definition) is 0. The highest BCUT2D eigenvalue weighted by atomic mass is 32.1. The lowest BCUT2D eigenvalue weighted by molar-refractivity contribution is 0.105. The van der Waals surface area contributed by atoms with Crippen LogP contribution in [0.5, 0.6) is 0 Å². The summed E-state index contributed by atoms with van der Waals surface area (Å²) in [5, 5.41) is 9.96. The van der Waals surface area contributed by atoms with Crippen LogP contribution in [-0.2, 0) is 0 Å². The zero-order chi connectivity index (χ0) is 22.8. The molecule has 0 spiro atoms. The molecule has 2 heterocycles. The van der Waals surface area contributed by atoms with Crippen LogP contribution in [0.4, 0.5) is 0 Å². The second-order valence-corrected chi connectivity index (χ2v) is 9.83. The zero-order valence-electron chi connectivity index (χ0n) is 17.9. The topological polar surface area (TPSA) is 62.9 Å². The molecule has 32 heavy (non-hydrogen) atoms. The van der Waals surface area contributed by atoms with Crippen LogP contribution in [0.2, 0.25) is 0 Å². The lowest BCUT2D eigenvalue weighted by Gasteiger charge is -2.08. The molecule has 2 aromatic heterocycles. The number of nitriles is 1. The third kappa shape index (κ3) is 4.13. The van der Waals surface area contributed by atoms with Crippen molar-refractivity contribution in [3.8, 4) is 11.8 Å². The lowest BCUT2D eigenvalue weighted by Crippen LogP contribution is -2.32. The number of carbonyl (C=O) groups is 1. The molecule has 4 aromatic rings. The maximum absolute atomic E-state index is 13.5. The molecule has 0 atom stereocenters. The molecule has 0 aliphatic heterocycles. The minimum absolute atomic E-state index is 0.0414. The van der Waals surface area contributed by atoms with Crippen molar-refractivity contribution < 1.29 is 4.79 Å². The Kier molecular flexibility index (Phi) is 6.04. The van der Waals surface area contributed by atoms with E-state index in [0.29, 0.717) is 20.4 Å². The number of Topliss-reactive ketones (excluding diaryl/α,β-unsaturated/α-hetero) is 1. The van der Waals surface area contributed by atoms with Crippen LogP contribution in [-0.4, -0.2) is 10.4 Å². The number of hydrogen-bond acceptors (Lipinski definition) is 5. The Morgan fingerprint density at radius 1 is 1.00 bits per heavy atom. The summed E-state index contributed by atoms with van der Waals surface area (Å²) in [7, 11) is 0. The second kappa shape index (κ2) is 8.91. The summed E-state index contributed by atoms with van der Waals surface area (Å²) in [6.45, 7) is 5.92. The second-order valence-electron chi connectivity index (χ2n) is 7.48. The Morgan fingerprint density at radius 3 is 2.38 bits per heavy atom. The summed E-state index contributed by atoms with van der Waals surface area (Å²) in [5.74, 6) is -0.397. The highest BCUT2D eigenvalue weighted by Crippen LogP contribution is 2.17. The lowest BCUT2D eigenvalue weighted by atomic mass is 10.1. The van der Waals surface area contributed by atoms with E-state index in [2.05, 4.69) is 6.07 Å². The molecule has 158 valence electrons. The Hall–Kier alpha value is -3.53. The quantitative estimate of drug-likeness (QED) is 0.431. The largest absolute Gasteiger partial charge is 0.288 e. The fraction of sp³-hybridized carbons (Fsp3) is 0.115. The zero-order valence-corrected chi connectivity index (χ0v) is 19.5. The summed E-state index contributed by atoms with van der Waals surface area (Å²) in [6.07, 6.45) is 1.83. The van der Waals surface area contributed by atoms with Gasteiger partial charge >= 0.3 is 0 Å². The Labute approximate surface area is 193 Å². The van der Waals surface area contributed by atoms with Gasteiger partial charge < -0.3 is 0 Å². The number of carbonyl (C=O) groups excluding carboxylic acids is 1. The summed E-state index contributed by atoms with van der Waals surface area (Å²) in [4.78, 5) is 28.8. The van der Waals surface area contributed by atoms with E-state index < -0.39 is 5.78 Å². The van der Waals surface area contributed by atoms with Crippen LogP contribution in [0.3, 0.4) is 0 Å². The first-order valence-corrected chi connectivity index (χ1v) is 11.6. The third-order valence-corrected chi connectivity index (χ3v) is 7.08. The number of thiophene rings is 1. The molecule has 0 saturated carbocycles. The van der Waals surface area contributed by atoms with Crippen LogP contribution in [0.25, 0.3) is 17.3 Å². The van der Waals surface area contributed by atoms with Gasteiger partial charge in [0.25, 0.3) is 5.56 Å². The molecule has 4 nitrogen and oxygen atoms in total. The SMILES string of the molecule is Cc1ccc(-n2c(=C(C#N)C(=O)c3ccccc3)sc(=Cc3ccc(C)s3)c2=O)c(C)c1. The van der Waals surface area contributed by atoms with Gasteiger partial charge in [-0.2, -0.15) is 5.26 Å². The minimum atomic E-state index is -0.397. The monoisotopic (exact) mass is 456 g/mol. The van der Waals surface area contributed by atoms with Gasteiger partial charge in [0, 0.05) is 15.3 Å². The van der Waals surface area contributed by atoms with Crippen LogP contribution in [0.1, 0.15) is 31.2 Å². The molecule has 0 N–H and O–H groups in total. The smallest absolute Gasteiger partial charge is 0.273 e. The van der Waals surface area contributed by atoms with E-state index in [9.17, 15) is 14.9 Å². The first-order chi connectivity index (χ1) is 15.4. The molecule has 6 heteroatoms. The van der Waals surface area contributed by atoms with Gasteiger partial charge in [-0.25, -0.2) is 0 Å². The summed E-state index contributed by atoms with van der Waals surface area (Å²) >= 11 is 2.76. The van der Waals surface area contributed by atoms with Gasteiger partial charge in [-0.3, -0.25) is 14.2 Å². The molecule has 0 unspecified atom stereocenters. The molecule has 2 aromatic carbocycles. The fourth-order valence-corrected chi connectivity index (χ4v) is 5.50. The molecule has 4 rings (SSSR count). The molecule has 0 aliphatic rings. The van der Waals surface area contributed by atoms with E-state index in [1.54, 1.807) is 35.6 Å². The van der Waals surface area contributed by atoms with E-state index in [4.69, 9.17) is 0 Å². The van der Waals surface area contributed by atoms with Gasteiger partial charge in [-0.1, -0.05) is 48.0 Å². The van der Waals surface area contributed by atoms with Gasteiger partial charge in [-0.05, 0) is 50.6 Å². The van der Waals surface area contributed by atoms with Crippen molar-refractivity contribution in [1.82, 2.24) is 4.57 Å². The molecule has 0 aliphatic carbocycles. The number of benzene rings is 2. The predicted molar refractivity (Wildman–Crippen MR) is 131 cm³/mol. The molecule has 0 radical (unpaired) electrons. The highest BCUT2D eigenvalue weighted by molar-refractivity contribution is 7.13. The van der Waals surface area contributed by atoms with Gasteiger partial charge in [0.05, 0.1) is 10.2 Å². The van der Waals surface area contributed by atoms with Crippen LogP contribution < -0.4 is 14.8 Å². The summed E-state index contributed by atoms with van der Waals surface area (Å²) in [6, 6.07) is 20.5. The Bertz CT molecular complexity index is 1550. The van der Waals surface area contributed by atoms with E-state index in [0.717, 1.165) is 20.9 Å². The fourth-order valence-electron chi connectivity index (χ4n) is 3.51. The standard InChI is InChI=1S/C26H20N2O2S2/c1-16-9-12-22(17(2)13-16)28-25(30)23(14-20-11-10-18(3)31-20)32-26(28)21(15-27)24(29)19-7-5-4-6-8-19/h4-14H,1-3H3. The van der Waals surface area contributed by atoms with Gasteiger partial charge in [0.1, 0.15) is 16.3 Å². The average molecular weight is 457 g/mol. The van der Waals surface area contributed by atoms with Crippen molar-refractivity contribution in [2.75, 3.05) is 0 Å². The molecule has 0 amide bonds. The van der Waals surface area contributed by atoms with Crippen molar-refractivity contribution in [1.29, 1.82) is 5.26 Å². The molecular weight excluding hydrogens is 436 g/mol. The van der Waals surface area contributed by atoms with Crippen molar-refractivity contribution in [3.05, 3.63) is 107 Å². The maximum Gasteiger partial charge on any atom is 0.273 e. The Balaban J connectivity index is 2.09. The molecular formula is C26H20N2O2S2. The van der Waals surface area contributed by atoms with Gasteiger partial charge in [0.15, 0.2) is 0 Å². The Morgan fingerprint density at radius 2 is 1.75 bits per heavy atom. The maximum atomic E-state index is 13.5. The molecule has 0 fully saturated rings. The minimum Gasteiger partial charge on any atom is -0.288 e. The van der Waals surface area contributed by atoms with Gasteiger partial charge in [-0.15, -0.1) is 22.7 Å². The van der Waals surface area contributed by atoms with Crippen LogP contribution in [0, 0.1) is 32.1 Å². The number of nitrogens with zero attached hydrogens (tertiary/aromatic N) is 2. The van der Waals surface area contributed by atoms with Crippen molar-refractivity contribution in [2.45, 2.75) is 20.8 Å². The first kappa shape index (κ1) is 21.7. The number of rotatable bonds is 4. The normalized spacial score (nSPS) is 12.5. The van der Waals surface area contributed by atoms with Crippen LogP contribution in [0.15, 0.2) is 65.5 Å². The average Bonchev–Trinajstić information content (AvgIpc) is 3.33. The molecule has 0 saturated heterocycles. The van der Waals surface area contributed by atoms with Crippen LogP contribution >= 0.6 is 22.7 Å². The first-order valence-electron chi connectivity index (χ1n) is 10.0. The highest BCUT2D eigenvalue weighted by Gasteiger charge is 2.19. The number of aromatic nitrogens is 1. The summed E-state index contributed by atoms with van der Waals surface area (Å²) in [5.41, 5.74) is 2.77. The number of ketones is 1. The third-order valence-electron chi connectivity index (χ3n) is 5.04.